The first-order valence-corrected chi connectivity index (χ1v) is 10.5. The number of benzene rings is 1. The minimum absolute atomic E-state index is 0.0861. The molecule has 1 atom stereocenters. The van der Waals surface area contributed by atoms with Crippen molar-refractivity contribution in [2.24, 2.45) is 5.92 Å². The van der Waals surface area contributed by atoms with Gasteiger partial charge in [0.2, 0.25) is 5.91 Å². The van der Waals surface area contributed by atoms with Crippen molar-refractivity contribution in [1.29, 1.82) is 0 Å². The lowest BCUT2D eigenvalue weighted by atomic mass is 10.2. The number of hydrogen-bond donors (Lipinski definition) is 1. The highest BCUT2D eigenvalue weighted by Crippen LogP contribution is 2.21. The summed E-state index contributed by atoms with van der Waals surface area (Å²) < 4.78 is 7.15. The Labute approximate surface area is 167 Å². The van der Waals surface area contributed by atoms with Crippen molar-refractivity contribution in [2.75, 3.05) is 18.9 Å². The largest absolute Gasteiger partial charge is 0.376 e. The Bertz CT molecular complexity index is 878. The lowest BCUT2D eigenvalue weighted by Crippen LogP contribution is -2.33. The van der Waals surface area contributed by atoms with Crippen LogP contribution in [0.2, 0.25) is 5.02 Å². The molecule has 2 heterocycles. The Morgan fingerprint density at radius 2 is 2.30 bits per heavy atom. The Hall–Kier alpha value is -1.57. The molecule has 1 aromatic heterocycles. The van der Waals surface area contributed by atoms with E-state index in [9.17, 15) is 9.59 Å². The molecule has 146 valence electrons. The van der Waals surface area contributed by atoms with Gasteiger partial charge in [-0.3, -0.25) is 14.2 Å². The molecule has 8 heteroatoms. The molecule has 0 unspecified atom stereocenters. The van der Waals surface area contributed by atoms with E-state index in [1.165, 1.54) is 11.8 Å². The molecule has 1 fully saturated rings. The zero-order chi connectivity index (χ0) is 19.4. The van der Waals surface area contributed by atoms with Crippen LogP contribution < -0.4 is 10.9 Å². The molecule has 0 radical (unpaired) electrons. The molecular formula is C19H24ClN3O3S. The van der Waals surface area contributed by atoms with Gasteiger partial charge in [0.1, 0.15) is 0 Å². The van der Waals surface area contributed by atoms with E-state index in [2.05, 4.69) is 10.3 Å². The molecule has 1 aliphatic rings. The Kier molecular flexibility index (Phi) is 6.78. The predicted octanol–water partition coefficient (Wildman–Crippen LogP) is 3.09. The van der Waals surface area contributed by atoms with Gasteiger partial charge >= 0.3 is 0 Å². The minimum atomic E-state index is -0.126. The predicted molar refractivity (Wildman–Crippen MR) is 109 cm³/mol. The van der Waals surface area contributed by atoms with Crippen LogP contribution in [0.1, 0.15) is 26.7 Å². The Morgan fingerprint density at radius 1 is 1.48 bits per heavy atom. The number of nitrogens with one attached hydrogen (secondary N) is 1. The third-order valence-corrected chi connectivity index (χ3v) is 5.52. The molecule has 1 amide bonds. The topological polar surface area (TPSA) is 73.2 Å². The molecule has 0 spiro atoms. The van der Waals surface area contributed by atoms with Crippen LogP contribution >= 0.6 is 23.4 Å². The maximum absolute atomic E-state index is 12.9. The van der Waals surface area contributed by atoms with Gasteiger partial charge < -0.3 is 10.1 Å². The molecule has 6 nitrogen and oxygen atoms in total. The second-order valence-corrected chi connectivity index (χ2v) is 8.47. The first-order valence-electron chi connectivity index (χ1n) is 9.15. The summed E-state index contributed by atoms with van der Waals surface area (Å²) in [5, 5.41) is 4.45. The Balaban J connectivity index is 1.76. The average molecular weight is 410 g/mol. The fourth-order valence-corrected chi connectivity index (χ4v) is 4.03. The first-order chi connectivity index (χ1) is 12.9. The van der Waals surface area contributed by atoms with Gasteiger partial charge in [0.25, 0.3) is 5.56 Å². The molecule has 1 aliphatic heterocycles. The summed E-state index contributed by atoms with van der Waals surface area (Å²) in [6.45, 7) is 5.91. The van der Waals surface area contributed by atoms with Crippen molar-refractivity contribution in [3.8, 4) is 0 Å². The van der Waals surface area contributed by atoms with Crippen molar-refractivity contribution in [3.63, 3.8) is 0 Å². The van der Waals surface area contributed by atoms with Gasteiger partial charge in [0.15, 0.2) is 5.16 Å². The normalized spacial score (nSPS) is 17.0. The van der Waals surface area contributed by atoms with Crippen LogP contribution in [0.25, 0.3) is 10.9 Å². The summed E-state index contributed by atoms with van der Waals surface area (Å²) in [7, 11) is 0. The quantitative estimate of drug-likeness (QED) is 0.562. The first kappa shape index (κ1) is 20.2. The maximum atomic E-state index is 12.9. The van der Waals surface area contributed by atoms with Gasteiger partial charge in [-0.05, 0) is 37.0 Å². The number of ether oxygens (including phenoxy) is 1. The number of nitrogens with zero attached hydrogens (tertiary/aromatic N) is 2. The molecule has 3 rings (SSSR count). The molecule has 2 aromatic rings. The summed E-state index contributed by atoms with van der Waals surface area (Å²) in [6.07, 6.45) is 2.14. The monoisotopic (exact) mass is 409 g/mol. The Morgan fingerprint density at radius 3 is 3.00 bits per heavy atom. The van der Waals surface area contributed by atoms with Crippen molar-refractivity contribution in [3.05, 3.63) is 33.6 Å². The average Bonchev–Trinajstić information content (AvgIpc) is 3.15. The van der Waals surface area contributed by atoms with Crippen LogP contribution in [0.3, 0.4) is 0 Å². The summed E-state index contributed by atoms with van der Waals surface area (Å²) in [5.74, 6) is 0.391. The highest BCUT2D eigenvalue weighted by molar-refractivity contribution is 7.99. The standard InChI is InChI=1S/C19H24ClN3O3S/c1-12(2)10-23-18(25)15-8-13(20)5-6-16(15)22-19(23)27-11-17(24)21-9-14-4-3-7-26-14/h5-6,8,12,14H,3-4,7,9-11H2,1-2H3,(H,21,24)/t14-/m0/s1. The molecule has 27 heavy (non-hydrogen) atoms. The third kappa shape index (κ3) is 5.24. The van der Waals surface area contributed by atoms with Gasteiger partial charge in [0.05, 0.1) is 22.8 Å². The van der Waals surface area contributed by atoms with Crippen LogP contribution in [-0.4, -0.2) is 40.5 Å². The lowest BCUT2D eigenvalue weighted by Gasteiger charge is -2.15. The number of halogens is 1. The van der Waals surface area contributed by atoms with Crippen molar-refractivity contribution >= 4 is 40.2 Å². The van der Waals surface area contributed by atoms with Crippen molar-refractivity contribution < 1.29 is 9.53 Å². The number of thioether (sulfide) groups is 1. The minimum Gasteiger partial charge on any atom is -0.376 e. The van der Waals surface area contributed by atoms with Crippen LogP contribution in [0.5, 0.6) is 0 Å². The number of rotatable bonds is 7. The van der Waals surface area contributed by atoms with E-state index in [-0.39, 0.29) is 29.2 Å². The van der Waals surface area contributed by atoms with Crippen LogP contribution in [0.4, 0.5) is 0 Å². The number of amides is 1. The second kappa shape index (κ2) is 9.08. The van der Waals surface area contributed by atoms with E-state index < -0.39 is 0 Å². The smallest absolute Gasteiger partial charge is 0.262 e. The SMILES string of the molecule is CC(C)Cn1c(SCC(=O)NC[C@@H]2CCCO2)nc2ccc(Cl)cc2c1=O. The number of carbonyl (C=O) groups excluding carboxylic acids is 1. The summed E-state index contributed by atoms with van der Waals surface area (Å²) in [5.41, 5.74) is 0.463. The van der Waals surface area contributed by atoms with Crippen LogP contribution in [0, 0.1) is 5.92 Å². The summed E-state index contributed by atoms with van der Waals surface area (Å²) in [4.78, 5) is 29.7. The van der Waals surface area contributed by atoms with E-state index in [1.807, 2.05) is 13.8 Å². The van der Waals surface area contributed by atoms with E-state index in [0.29, 0.717) is 34.2 Å². The highest BCUT2D eigenvalue weighted by Gasteiger charge is 2.18. The van der Waals surface area contributed by atoms with Crippen LogP contribution in [-0.2, 0) is 16.1 Å². The number of hydrogen-bond acceptors (Lipinski definition) is 5. The van der Waals surface area contributed by atoms with Gasteiger partial charge in [0, 0.05) is 24.7 Å². The van der Waals surface area contributed by atoms with E-state index in [4.69, 9.17) is 16.3 Å². The zero-order valence-electron chi connectivity index (χ0n) is 15.5. The number of carbonyl (C=O) groups is 1. The summed E-state index contributed by atoms with van der Waals surface area (Å²) >= 11 is 7.31. The highest BCUT2D eigenvalue weighted by atomic mass is 35.5. The van der Waals surface area contributed by atoms with E-state index in [0.717, 1.165) is 19.4 Å². The fourth-order valence-electron chi connectivity index (χ4n) is 3.02. The van der Waals surface area contributed by atoms with Crippen LogP contribution in [0.15, 0.2) is 28.2 Å². The van der Waals surface area contributed by atoms with E-state index >= 15 is 0 Å². The van der Waals surface area contributed by atoms with Gasteiger partial charge in [-0.25, -0.2) is 4.98 Å². The number of aromatic nitrogens is 2. The molecule has 1 aromatic carbocycles. The molecule has 1 N–H and O–H groups in total. The second-order valence-electron chi connectivity index (χ2n) is 7.09. The number of fused-ring (bicyclic) bond motifs is 1. The maximum Gasteiger partial charge on any atom is 0.262 e. The molecule has 0 bridgehead atoms. The molecule has 0 saturated carbocycles. The third-order valence-electron chi connectivity index (χ3n) is 4.31. The fraction of sp³-hybridized carbons (Fsp3) is 0.526. The van der Waals surface area contributed by atoms with Gasteiger partial charge in [-0.1, -0.05) is 37.2 Å². The van der Waals surface area contributed by atoms with Gasteiger partial charge in [-0.2, -0.15) is 0 Å². The van der Waals surface area contributed by atoms with Crippen molar-refractivity contribution in [2.45, 2.75) is 44.5 Å². The molecule has 1 saturated heterocycles. The molecule has 0 aliphatic carbocycles. The summed E-state index contributed by atoms with van der Waals surface area (Å²) in [6, 6.07) is 5.10. The van der Waals surface area contributed by atoms with Crippen molar-refractivity contribution in [1.82, 2.24) is 14.9 Å². The van der Waals surface area contributed by atoms with Gasteiger partial charge in [-0.15, -0.1) is 0 Å². The lowest BCUT2D eigenvalue weighted by molar-refractivity contribution is -0.119. The van der Waals surface area contributed by atoms with E-state index in [1.54, 1.807) is 22.8 Å². The zero-order valence-corrected chi connectivity index (χ0v) is 17.1. The molecular weight excluding hydrogens is 386 g/mol.